The number of aliphatic hydroxyl groups excluding tert-OH is 11. The Bertz CT molecular complexity index is 1500. The summed E-state index contributed by atoms with van der Waals surface area (Å²) in [5.41, 5.74) is 0. The van der Waals surface area contributed by atoms with Crippen molar-refractivity contribution in [2.45, 2.75) is 369 Å². The molecular weight excluding hydrogens is 1060 g/mol. The molecule has 82 heavy (non-hydrogen) atoms. The molecule has 3 saturated heterocycles. The summed E-state index contributed by atoms with van der Waals surface area (Å²) in [4.78, 5) is 13.3. The molecule has 3 aliphatic rings. The maximum atomic E-state index is 13.3. The van der Waals surface area contributed by atoms with Gasteiger partial charge in [0.15, 0.2) is 18.9 Å². The summed E-state index contributed by atoms with van der Waals surface area (Å²) >= 11 is 0. The van der Waals surface area contributed by atoms with Crippen molar-refractivity contribution in [3.05, 3.63) is 0 Å². The van der Waals surface area contributed by atoms with E-state index < -0.39 is 124 Å². The molecule has 17 atom stereocenters. The van der Waals surface area contributed by atoms with Crippen LogP contribution in [-0.2, 0) is 33.2 Å². The first-order chi connectivity index (χ1) is 39.8. The molecule has 3 aliphatic heterocycles. The fourth-order valence-electron chi connectivity index (χ4n) is 11.7. The molecule has 19 nitrogen and oxygen atoms in total. The molecule has 0 spiro atoms. The summed E-state index contributed by atoms with van der Waals surface area (Å²) in [7, 11) is 0. The monoisotopic (exact) mass is 1180 g/mol. The van der Waals surface area contributed by atoms with Gasteiger partial charge in [-0.15, -0.1) is 0 Å². The highest BCUT2D eigenvalue weighted by Gasteiger charge is 2.53. The first kappa shape index (κ1) is 75.0. The summed E-state index contributed by atoms with van der Waals surface area (Å²) in [5.74, 6) is -0.240. The molecule has 19 heteroatoms. The summed E-state index contributed by atoms with van der Waals surface area (Å²) in [5, 5.41) is 120. The minimum atomic E-state index is -1.97. The summed E-state index contributed by atoms with van der Waals surface area (Å²) in [6.45, 7) is 1.77. The van der Waals surface area contributed by atoms with Crippen molar-refractivity contribution in [2.24, 2.45) is 0 Å². The van der Waals surface area contributed by atoms with Gasteiger partial charge in [0, 0.05) is 6.42 Å². The van der Waals surface area contributed by atoms with E-state index in [2.05, 4.69) is 19.2 Å². The number of ether oxygens (including phenoxy) is 6. The lowest BCUT2D eigenvalue weighted by atomic mass is 9.96. The van der Waals surface area contributed by atoms with Gasteiger partial charge in [-0.25, -0.2) is 0 Å². The molecule has 0 bridgehead atoms. The van der Waals surface area contributed by atoms with E-state index in [-0.39, 0.29) is 18.9 Å². The van der Waals surface area contributed by atoms with E-state index in [0.717, 1.165) is 44.9 Å². The molecule has 0 aliphatic carbocycles. The lowest BCUT2D eigenvalue weighted by molar-refractivity contribution is -0.379. The van der Waals surface area contributed by atoms with Crippen molar-refractivity contribution in [1.29, 1.82) is 0 Å². The normalized spacial score (nSPS) is 29.5. The number of carbonyl (C=O) groups is 1. The van der Waals surface area contributed by atoms with Gasteiger partial charge in [0.05, 0.1) is 38.6 Å². The first-order valence-corrected chi connectivity index (χ1v) is 33.3. The predicted molar refractivity (Wildman–Crippen MR) is 314 cm³/mol. The van der Waals surface area contributed by atoms with Gasteiger partial charge in [-0.3, -0.25) is 4.79 Å². The van der Waals surface area contributed by atoms with Crippen LogP contribution in [0.5, 0.6) is 0 Å². The van der Waals surface area contributed by atoms with Gasteiger partial charge in [0.25, 0.3) is 0 Å². The average molecular weight is 1180 g/mol. The molecule has 0 aromatic heterocycles. The number of hydrogen-bond donors (Lipinski definition) is 12. The predicted octanol–water partition coefficient (Wildman–Crippen LogP) is 7.55. The summed E-state index contributed by atoms with van der Waals surface area (Å²) in [6.07, 6.45) is 21.0. The Balaban J connectivity index is 1.33. The Morgan fingerprint density at radius 1 is 0.390 bits per heavy atom. The van der Waals surface area contributed by atoms with Gasteiger partial charge >= 0.3 is 0 Å². The van der Waals surface area contributed by atoms with Crippen molar-refractivity contribution in [2.75, 3.05) is 26.4 Å². The number of carbonyl (C=O) groups excluding carboxylic acids is 1. The SMILES string of the molecule is CCCCCCCCCCCCCCCCCCCCCCCCCCCCCCCC(=O)NC(COC1OC(CO)C(OC2OC(CO)C(OC3OC(CO)C(O)C(O)C3O)C(O)C2O)C(O)C1O)C(O)CCCCCCCCCC. The molecule has 3 fully saturated rings. The fraction of sp³-hybridized carbons (Fsp3) is 0.984. The Morgan fingerprint density at radius 3 is 1.06 bits per heavy atom. The van der Waals surface area contributed by atoms with Crippen LogP contribution in [0.3, 0.4) is 0 Å². The van der Waals surface area contributed by atoms with Crippen molar-refractivity contribution < 1.29 is 89.4 Å². The molecule has 1 amide bonds. The lowest BCUT2D eigenvalue weighted by Gasteiger charge is -2.48. The van der Waals surface area contributed by atoms with Crippen LogP contribution >= 0.6 is 0 Å². The van der Waals surface area contributed by atoms with E-state index in [1.807, 2.05) is 0 Å². The van der Waals surface area contributed by atoms with Crippen LogP contribution in [0, 0.1) is 0 Å². The quantitative estimate of drug-likeness (QED) is 0.0262. The third-order valence-corrected chi connectivity index (χ3v) is 17.2. The minimum Gasteiger partial charge on any atom is -0.394 e. The maximum absolute atomic E-state index is 13.3. The maximum Gasteiger partial charge on any atom is 0.220 e. The minimum absolute atomic E-state index is 0.240. The van der Waals surface area contributed by atoms with Crippen LogP contribution in [0.15, 0.2) is 0 Å². The second kappa shape index (κ2) is 46.9. The fourth-order valence-corrected chi connectivity index (χ4v) is 11.7. The third-order valence-electron chi connectivity index (χ3n) is 17.2. The van der Waals surface area contributed by atoms with E-state index in [1.54, 1.807) is 0 Å². The molecule has 0 saturated carbocycles. The molecule has 17 unspecified atom stereocenters. The number of amides is 1. The van der Waals surface area contributed by atoms with E-state index in [4.69, 9.17) is 28.4 Å². The zero-order chi connectivity index (χ0) is 59.7. The second-order valence-electron chi connectivity index (χ2n) is 24.3. The highest BCUT2D eigenvalue weighted by atomic mass is 16.8. The average Bonchev–Trinajstić information content (AvgIpc) is 3.60. The Morgan fingerprint density at radius 2 is 0.695 bits per heavy atom. The molecule has 0 aromatic carbocycles. The zero-order valence-corrected chi connectivity index (χ0v) is 51.0. The zero-order valence-electron chi connectivity index (χ0n) is 51.0. The van der Waals surface area contributed by atoms with E-state index in [1.165, 1.54) is 186 Å². The van der Waals surface area contributed by atoms with Gasteiger partial charge in [0.2, 0.25) is 5.91 Å². The summed E-state index contributed by atoms with van der Waals surface area (Å²) < 4.78 is 34.3. The number of hydrogen-bond acceptors (Lipinski definition) is 18. The van der Waals surface area contributed by atoms with Crippen LogP contribution < -0.4 is 5.32 Å². The Kier molecular flexibility index (Phi) is 42.9. The van der Waals surface area contributed by atoms with Crippen LogP contribution in [0.1, 0.15) is 264 Å². The smallest absolute Gasteiger partial charge is 0.220 e. The Hall–Kier alpha value is -1.21. The van der Waals surface area contributed by atoms with Crippen LogP contribution in [0.4, 0.5) is 0 Å². The van der Waals surface area contributed by atoms with Gasteiger partial charge in [-0.2, -0.15) is 0 Å². The largest absolute Gasteiger partial charge is 0.394 e. The van der Waals surface area contributed by atoms with Crippen molar-refractivity contribution in [3.8, 4) is 0 Å². The number of nitrogens with one attached hydrogen (secondary N) is 1. The standard InChI is InChI=1S/C63H121NO18/c1-3-5-7-9-11-13-14-15-16-17-18-19-20-21-22-23-24-25-26-27-28-29-30-31-32-33-35-37-39-41-51(69)64-46(47(68)40-38-36-34-12-10-8-6-4-2)45-77-61-57(75)54(72)59(49(43-66)79-61)82-63-58(76)55(73)60(50(44-67)80-63)81-62-56(74)53(71)52(70)48(42-65)78-62/h46-50,52-63,65-68,70-76H,3-45H2,1-2H3,(H,64,69). The Labute approximate surface area is 493 Å². The van der Waals surface area contributed by atoms with Crippen LogP contribution in [-0.4, -0.2) is 193 Å². The van der Waals surface area contributed by atoms with Gasteiger partial charge in [-0.05, 0) is 12.8 Å². The molecule has 0 radical (unpaired) electrons. The summed E-state index contributed by atoms with van der Waals surface area (Å²) in [6, 6.07) is -0.879. The number of aliphatic hydroxyl groups is 11. The first-order valence-electron chi connectivity index (χ1n) is 33.3. The molecule has 12 N–H and O–H groups in total. The highest BCUT2D eigenvalue weighted by Crippen LogP contribution is 2.33. The van der Waals surface area contributed by atoms with E-state index in [0.29, 0.717) is 12.8 Å². The molecule has 3 heterocycles. The second-order valence-corrected chi connectivity index (χ2v) is 24.3. The molecular formula is C63H121NO18. The molecule has 3 rings (SSSR count). The number of rotatable bonds is 51. The highest BCUT2D eigenvalue weighted by molar-refractivity contribution is 5.76. The van der Waals surface area contributed by atoms with Crippen LogP contribution in [0.25, 0.3) is 0 Å². The third kappa shape index (κ3) is 29.7. The van der Waals surface area contributed by atoms with Crippen molar-refractivity contribution >= 4 is 5.91 Å². The van der Waals surface area contributed by atoms with Crippen LogP contribution in [0.2, 0.25) is 0 Å². The van der Waals surface area contributed by atoms with Gasteiger partial charge in [0.1, 0.15) is 73.2 Å². The molecule has 486 valence electrons. The van der Waals surface area contributed by atoms with Crippen molar-refractivity contribution in [3.63, 3.8) is 0 Å². The van der Waals surface area contributed by atoms with Gasteiger partial charge in [-0.1, -0.05) is 245 Å². The van der Waals surface area contributed by atoms with Crippen molar-refractivity contribution in [1.82, 2.24) is 5.32 Å². The number of unbranched alkanes of at least 4 members (excludes halogenated alkanes) is 35. The van der Waals surface area contributed by atoms with E-state index >= 15 is 0 Å². The lowest BCUT2D eigenvalue weighted by Crippen LogP contribution is -2.66. The molecule has 0 aromatic rings. The van der Waals surface area contributed by atoms with E-state index in [9.17, 15) is 61.0 Å². The topological polar surface area (TPSA) is 307 Å². The van der Waals surface area contributed by atoms with Gasteiger partial charge < -0.3 is 89.9 Å².